The molecule has 2 aromatic rings. The van der Waals surface area contributed by atoms with Crippen molar-refractivity contribution in [3.05, 3.63) is 46.1 Å². The van der Waals surface area contributed by atoms with Crippen molar-refractivity contribution in [3.63, 3.8) is 0 Å². The molecule has 0 atom stereocenters. The number of aryl methyl sites for hydroxylation is 1. The van der Waals surface area contributed by atoms with Crippen LogP contribution in [0.1, 0.15) is 5.56 Å². The number of benzene rings is 1. The predicted molar refractivity (Wildman–Crippen MR) is 65.6 cm³/mol. The number of aromatic nitrogens is 1. The molecule has 2 rings (SSSR count). The van der Waals surface area contributed by atoms with E-state index in [0.29, 0.717) is 15.6 Å². The fourth-order valence-corrected chi connectivity index (χ4v) is 1.92. The van der Waals surface area contributed by atoms with Crippen molar-refractivity contribution < 1.29 is 0 Å². The van der Waals surface area contributed by atoms with E-state index in [1.165, 1.54) is 0 Å². The molecule has 0 amide bonds. The molecule has 1 heterocycles. The number of halogens is 2. The summed E-state index contributed by atoms with van der Waals surface area (Å²) in [6.45, 7) is 0. The van der Waals surface area contributed by atoms with E-state index in [2.05, 4.69) is 6.07 Å². The maximum Gasteiger partial charge on any atom is 0.101 e. The zero-order valence-corrected chi connectivity index (χ0v) is 10.0. The van der Waals surface area contributed by atoms with Crippen LogP contribution >= 0.6 is 23.2 Å². The Hall–Kier alpha value is -1.43. The highest BCUT2D eigenvalue weighted by atomic mass is 35.5. The van der Waals surface area contributed by atoms with Gasteiger partial charge in [-0.15, -0.1) is 0 Å². The van der Waals surface area contributed by atoms with Crippen LogP contribution in [0.3, 0.4) is 0 Å². The fraction of sp³-hybridized carbons (Fsp3) is 0.0833. The third-order valence-corrected chi connectivity index (χ3v) is 3.13. The number of hydrogen-bond donors (Lipinski definition) is 0. The molecule has 1 aromatic carbocycles. The van der Waals surface area contributed by atoms with Crippen molar-refractivity contribution in [2.24, 2.45) is 7.05 Å². The average Bonchev–Trinajstić information content (AvgIpc) is 2.64. The third kappa shape index (κ3) is 1.80. The summed E-state index contributed by atoms with van der Waals surface area (Å²) in [5.74, 6) is 0. The van der Waals surface area contributed by atoms with Gasteiger partial charge in [-0.05, 0) is 18.2 Å². The molecule has 0 unspecified atom stereocenters. The van der Waals surface area contributed by atoms with Gasteiger partial charge in [0.05, 0.1) is 21.3 Å². The van der Waals surface area contributed by atoms with Crippen LogP contribution in [0.4, 0.5) is 0 Å². The van der Waals surface area contributed by atoms with Crippen molar-refractivity contribution in [1.29, 1.82) is 5.26 Å². The monoisotopic (exact) mass is 250 g/mol. The highest BCUT2D eigenvalue weighted by molar-refractivity contribution is 6.42. The second-order valence-corrected chi connectivity index (χ2v) is 4.24. The first kappa shape index (κ1) is 11.1. The van der Waals surface area contributed by atoms with Gasteiger partial charge in [0.2, 0.25) is 0 Å². The quantitative estimate of drug-likeness (QED) is 0.756. The van der Waals surface area contributed by atoms with Gasteiger partial charge in [-0.3, -0.25) is 0 Å². The zero-order chi connectivity index (χ0) is 11.7. The maximum absolute atomic E-state index is 8.99. The number of hydrogen-bond acceptors (Lipinski definition) is 1. The summed E-state index contributed by atoms with van der Waals surface area (Å²) in [7, 11) is 1.89. The number of nitrogens with zero attached hydrogens (tertiary/aromatic N) is 2. The van der Waals surface area contributed by atoms with Gasteiger partial charge >= 0.3 is 0 Å². The summed E-state index contributed by atoms with van der Waals surface area (Å²) < 4.78 is 1.89. The van der Waals surface area contributed by atoms with Crippen molar-refractivity contribution in [1.82, 2.24) is 4.57 Å². The van der Waals surface area contributed by atoms with Crippen LogP contribution in [-0.4, -0.2) is 4.57 Å². The molecule has 0 aliphatic heterocycles. The van der Waals surface area contributed by atoms with Gasteiger partial charge in [-0.2, -0.15) is 5.26 Å². The van der Waals surface area contributed by atoms with E-state index in [1.54, 1.807) is 18.2 Å². The van der Waals surface area contributed by atoms with E-state index in [9.17, 15) is 0 Å². The van der Waals surface area contributed by atoms with Gasteiger partial charge < -0.3 is 4.57 Å². The summed E-state index contributed by atoms with van der Waals surface area (Å²) in [4.78, 5) is 0. The van der Waals surface area contributed by atoms with E-state index in [4.69, 9.17) is 28.5 Å². The summed E-state index contributed by atoms with van der Waals surface area (Å²) >= 11 is 11.8. The van der Waals surface area contributed by atoms with E-state index in [-0.39, 0.29) is 0 Å². The van der Waals surface area contributed by atoms with Crippen molar-refractivity contribution in [2.45, 2.75) is 0 Å². The lowest BCUT2D eigenvalue weighted by atomic mass is 10.1. The molecule has 0 saturated heterocycles. The molecule has 80 valence electrons. The third-order valence-electron chi connectivity index (χ3n) is 2.39. The van der Waals surface area contributed by atoms with Crippen LogP contribution in [0.5, 0.6) is 0 Å². The second-order valence-electron chi connectivity index (χ2n) is 3.43. The molecule has 0 fully saturated rings. The predicted octanol–water partition coefficient (Wildman–Crippen LogP) is 3.87. The van der Waals surface area contributed by atoms with Crippen molar-refractivity contribution in [2.75, 3.05) is 0 Å². The molecule has 0 spiro atoms. The first-order valence-electron chi connectivity index (χ1n) is 4.64. The van der Waals surface area contributed by atoms with Crippen LogP contribution < -0.4 is 0 Å². The number of rotatable bonds is 1. The molecule has 0 saturated carbocycles. The molecule has 1 aromatic heterocycles. The van der Waals surface area contributed by atoms with Crippen LogP contribution in [0.15, 0.2) is 30.5 Å². The van der Waals surface area contributed by atoms with E-state index in [0.717, 1.165) is 11.3 Å². The summed E-state index contributed by atoms with van der Waals surface area (Å²) in [5.41, 5.74) is 2.36. The first-order valence-corrected chi connectivity index (χ1v) is 5.40. The Balaban J connectivity index is 2.63. The molecular weight excluding hydrogens is 243 g/mol. The van der Waals surface area contributed by atoms with Gasteiger partial charge in [0.25, 0.3) is 0 Å². The fourth-order valence-electron chi connectivity index (χ4n) is 1.62. The molecule has 2 nitrogen and oxygen atoms in total. The SMILES string of the molecule is Cn1ccc(C#N)c1-c1ccc(Cl)c(Cl)c1. The zero-order valence-electron chi connectivity index (χ0n) is 8.54. The van der Waals surface area contributed by atoms with Crippen LogP contribution in [-0.2, 0) is 7.05 Å². The van der Waals surface area contributed by atoms with Gasteiger partial charge in [0, 0.05) is 18.8 Å². The molecule has 0 radical (unpaired) electrons. The highest BCUT2D eigenvalue weighted by Gasteiger charge is 2.10. The normalized spacial score (nSPS) is 10.1. The lowest BCUT2D eigenvalue weighted by molar-refractivity contribution is 0.936. The standard InChI is InChI=1S/C12H8Cl2N2/c1-16-5-4-9(7-15)12(16)8-2-3-10(13)11(14)6-8/h2-6H,1H3. The second kappa shape index (κ2) is 4.21. The average molecular weight is 251 g/mol. The first-order chi connectivity index (χ1) is 7.63. The largest absolute Gasteiger partial charge is 0.349 e. The summed E-state index contributed by atoms with van der Waals surface area (Å²) in [6, 6.07) is 9.27. The molecule has 0 bridgehead atoms. The lowest BCUT2D eigenvalue weighted by Gasteiger charge is -2.05. The lowest BCUT2D eigenvalue weighted by Crippen LogP contribution is -1.91. The topological polar surface area (TPSA) is 28.7 Å². The van der Waals surface area contributed by atoms with E-state index >= 15 is 0 Å². The minimum Gasteiger partial charge on any atom is -0.349 e. The molecule has 16 heavy (non-hydrogen) atoms. The molecule has 0 aliphatic rings. The minimum atomic E-state index is 0.490. The van der Waals surface area contributed by atoms with Gasteiger partial charge in [0.15, 0.2) is 0 Å². The van der Waals surface area contributed by atoms with Crippen LogP contribution in [0, 0.1) is 11.3 Å². The Labute approximate surface area is 104 Å². The van der Waals surface area contributed by atoms with E-state index < -0.39 is 0 Å². The maximum atomic E-state index is 8.99. The van der Waals surface area contributed by atoms with Crippen molar-refractivity contribution >= 4 is 23.2 Å². The van der Waals surface area contributed by atoms with Gasteiger partial charge in [0.1, 0.15) is 6.07 Å². The van der Waals surface area contributed by atoms with Gasteiger partial charge in [-0.25, -0.2) is 0 Å². The van der Waals surface area contributed by atoms with E-state index in [1.807, 2.05) is 23.9 Å². The molecule has 0 aliphatic carbocycles. The Bertz CT molecular complexity index is 579. The van der Waals surface area contributed by atoms with Crippen LogP contribution in [0.2, 0.25) is 10.0 Å². The summed E-state index contributed by atoms with van der Waals surface area (Å²) in [6.07, 6.45) is 1.84. The Morgan fingerprint density at radius 3 is 2.56 bits per heavy atom. The molecule has 4 heteroatoms. The minimum absolute atomic E-state index is 0.490. The Morgan fingerprint density at radius 2 is 1.94 bits per heavy atom. The van der Waals surface area contributed by atoms with Gasteiger partial charge in [-0.1, -0.05) is 29.3 Å². The Morgan fingerprint density at radius 1 is 1.19 bits per heavy atom. The van der Waals surface area contributed by atoms with Crippen LogP contribution in [0.25, 0.3) is 11.3 Å². The van der Waals surface area contributed by atoms with Crippen molar-refractivity contribution in [3.8, 4) is 17.3 Å². The highest BCUT2D eigenvalue weighted by Crippen LogP contribution is 2.30. The summed E-state index contributed by atoms with van der Waals surface area (Å²) in [5, 5.41) is 10.00. The molecule has 0 N–H and O–H groups in total. The Kier molecular flexibility index (Phi) is 2.91. The molecular formula is C12H8Cl2N2. The number of nitriles is 1. The smallest absolute Gasteiger partial charge is 0.101 e.